The van der Waals surface area contributed by atoms with Gasteiger partial charge in [-0.1, -0.05) is 12.1 Å². The molecule has 1 aliphatic rings. The van der Waals surface area contributed by atoms with Crippen molar-refractivity contribution >= 4 is 21.7 Å². The van der Waals surface area contributed by atoms with Crippen LogP contribution in [0.25, 0.3) is 0 Å². The van der Waals surface area contributed by atoms with E-state index in [1.807, 2.05) is 0 Å². The highest BCUT2D eigenvalue weighted by molar-refractivity contribution is 7.94. The summed E-state index contributed by atoms with van der Waals surface area (Å²) in [4.78, 5) is 24.1. The number of sulfonamides is 1. The molecule has 1 aliphatic heterocycles. The number of hydrogen-bond acceptors (Lipinski definition) is 5. The smallest absolute Gasteiger partial charge is 0.259 e. The predicted octanol–water partition coefficient (Wildman–Crippen LogP) is 1.22. The maximum absolute atomic E-state index is 12.2. The van der Waals surface area contributed by atoms with Crippen molar-refractivity contribution in [2.45, 2.75) is 25.5 Å². The molecule has 0 atom stereocenters. The first-order chi connectivity index (χ1) is 9.73. The van der Waals surface area contributed by atoms with Gasteiger partial charge in [0.1, 0.15) is 12.3 Å². The van der Waals surface area contributed by atoms with Crippen molar-refractivity contribution in [3.8, 4) is 5.75 Å². The number of hydrogen-bond donors (Lipinski definition) is 0. The fourth-order valence-corrected chi connectivity index (χ4v) is 3.59. The van der Waals surface area contributed by atoms with Crippen molar-refractivity contribution in [2.24, 2.45) is 0 Å². The van der Waals surface area contributed by atoms with Gasteiger partial charge in [0, 0.05) is 0 Å². The Morgan fingerprint density at radius 2 is 1.90 bits per heavy atom. The second-order valence-electron chi connectivity index (χ2n) is 5.18. The second kappa shape index (κ2) is 5.14. The van der Waals surface area contributed by atoms with Crippen LogP contribution in [0.2, 0.25) is 0 Å². The highest BCUT2D eigenvalue weighted by Gasteiger charge is 2.60. The summed E-state index contributed by atoms with van der Waals surface area (Å²) < 4.78 is 28.5. The zero-order chi connectivity index (χ0) is 15.8. The van der Waals surface area contributed by atoms with Gasteiger partial charge in [0.25, 0.3) is 15.9 Å². The van der Waals surface area contributed by atoms with E-state index >= 15 is 0 Å². The highest BCUT2D eigenvalue weighted by Crippen LogP contribution is 2.35. The van der Waals surface area contributed by atoms with Crippen LogP contribution in [-0.2, 0) is 14.8 Å². The lowest BCUT2D eigenvalue weighted by Gasteiger charge is -2.42. The molecular formula is C14H17NO5S. The van der Waals surface area contributed by atoms with Crippen LogP contribution in [0.15, 0.2) is 24.3 Å². The zero-order valence-corrected chi connectivity index (χ0v) is 12.9. The summed E-state index contributed by atoms with van der Waals surface area (Å²) in [5.74, 6) is -0.647. The minimum atomic E-state index is -3.76. The SMILES string of the molecule is CCOc1ccccc1C(=O)CN1C(=O)C(C)(C)S1(=O)=O. The van der Waals surface area contributed by atoms with Gasteiger partial charge in [-0.15, -0.1) is 0 Å². The summed E-state index contributed by atoms with van der Waals surface area (Å²) in [6.07, 6.45) is 0. The van der Waals surface area contributed by atoms with Crippen LogP contribution in [0.5, 0.6) is 5.75 Å². The Morgan fingerprint density at radius 3 is 2.48 bits per heavy atom. The molecule has 0 radical (unpaired) electrons. The summed E-state index contributed by atoms with van der Waals surface area (Å²) in [5, 5.41) is 0. The molecule has 6 nitrogen and oxygen atoms in total. The molecule has 1 aromatic rings. The molecule has 0 unspecified atom stereocenters. The van der Waals surface area contributed by atoms with E-state index in [0.29, 0.717) is 16.7 Å². The highest BCUT2D eigenvalue weighted by atomic mass is 32.2. The molecule has 21 heavy (non-hydrogen) atoms. The molecule has 2 rings (SSSR count). The van der Waals surface area contributed by atoms with Crippen LogP contribution in [0.1, 0.15) is 31.1 Å². The van der Waals surface area contributed by atoms with E-state index in [2.05, 4.69) is 0 Å². The number of para-hydroxylation sites is 1. The van der Waals surface area contributed by atoms with Gasteiger partial charge in [-0.05, 0) is 32.9 Å². The van der Waals surface area contributed by atoms with Crippen molar-refractivity contribution in [3.63, 3.8) is 0 Å². The van der Waals surface area contributed by atoms with Gasteiger partial charge in [-0.2, -0.15) is 0 Å². The minimum Gasteiger partial charge on any atom is -0.493 e. The first-order valence-electron chi connectivity index (χ1n) is 6.55. The van der Waals surface area contributed by atoms with Gasteiger partial charge in [-0.3, -0.25) is 9.59 Å². The normalized spacial score (nSPS) is 19.0. The molecule has 7 heteroatoms. The third-order valence-electron chi connectivity index (χ3n) is 3.45. The van der Waals surface area contributed by atoms with E-state index in [0.717, 1.165) is 0 Å². The largest absolute Gasteiger partial charge is 0.493 e. The second-order valence-corrected chi connectivity index (χ2v) is 7.59. The van der Waals surface area contributed by atoms with E-state index < -0.39 is 33.0 Å². The first-order valence-corrected chi connectivity index (χ1v) is 7.99. The maximum atomic E-state index is 12.2. The van der Waals surface area contributed by atoms with E-state index in [9.17, 15) is 18.0 Å². The topological polar surface area (TPSA) is 80.8 Å². The van der Waals surface area contributed by atoms with Crippen LogP contribution in [0.4, 0.5) is 0 Å². The number of nitrogens with zero attached hydrogens (tertiary/aromatic N) is 1. The lowest BCUT2D eigenvalue weighted by Crippen LogP contribution is -2.68. The van der Waals surface area contributed by atoms with Crippen LogP contribution >= 0.6 is 0 Å². The third-order valence-corrected chi connectivity index (χ3v) is 5.79. The van der Waals surface area contributed by atoms with Gasteiger partial charge in [0.05, 0.1) is 12.2 Å². The van der Waals surface area contributed by atoms with E-state index in [1.54, 1.807) is 31.2 Å². The van der Waals surface area contributed by atoms with Gasteiger partial charge in [0.2, 0.25) is 0 Å². The van der Waals surface area contributed by atoms with Gasteiger partial charge < -0.3 is 4.74 Å². The molecular weight excluding hydrogens is 294 g/mol. The Hall–Kier alpha value is -1.89. The maximum Gasteiger partial charge on any atom is 0.259 e. The summed E-state index contributed by atoms with van der Waals surface area (Å²) in [5.41, 5.74) is 0.270. The number of Topliss-reactive ketones (excluding diaryl/α,β-unsaturated/α-hetero) is 1. The van der Waals surface area contributed by atoms with Crippen molar-refractivity contribution in [3.05, 3.63) is 29.8 Å². The monoisotopic (exact) mass is 311 g/mol. The van der Waals surface area contributed by atoms with Gasteiger partial charge in [0.15, 0.2) is 10.5 Å². The van der Waals surface area contributed by atoms with Crippen LogP contribution < -0.4 is 4.74 Å². The lowest BCUT2D eigenvalue weighted by molar-refractivity contribution is -0.131. The molecule has 0 aliphatic carbocycles. The predicted molar refractivity (Wildman–Crippen MR) is 76.7 cm³/mol. The molecule has 1 heterocycles. The molecule has 0 spiro atoms. The van der Waals surface area contributed by atoms with Crippen molar-refractivity contribution in [1.82, 2.24) is 4.31 Å². The average Bonchev–Trinajstić information content (AvgIpc) is 2.44. The van der Waals surface area contributed by atoms with Crippen molar-refractivity contribution < 1.29 is 22.7 Å². The van der Waals surface area contributed by atoms with Gasteiger partial charge >= 0.3 is 0 Å². The van der Waals surface area contributed by atoms with E-state index in [1.165, 1.54) is 13.8 Å². The number of ether oxygens (including phenoxy) is 1. The van der Waals surface area contributed by atoms with Crippen LogP contribution in [0, 0.1) is 0 Å². The molecule has 1 aromatic carbocycles. The Morgan fingerprint density at radius 1 is 1.29 bits per heavy atom. The minimum absolute atomic E-state index is 0.270. The van der Waals surface area contributed by atoms with Crippen molar-refractivity contribution in [1.29, 1.82) is 0 Å². The summed E-state index contributed by atoms with van der Waals surface area (Å²) >= 11 is 0. The molecule has 0 bridgehead atoms. The van der Waals surface area contributed by atoms with Gasteiger partial charge in [-0.25, -0.2) is 12.7 Å². The molecule has 1 amide bonds. The molecule has 1 saturated heterocycles. The number of amides is 1. The van der Waals surface area contributed by atoms with E-state index in [-0.39, 0.29) is 5.56 Å². The number of rotatable bonds is 5. The fourth-order valence-electron chi connectivity index (χ4n) is 2.11. The number of carbonyl (C=O) groups is 2. The Kier molecular flexibility index (Phi) is 3.79. The standard InChI is InChI=1S/C14H17NO5S/c1-4-20-12-8-6-5-7-10(12)11(16)9-15-13(17)14(2,3)21(15,18)19/h5-8H,4,9H2,1-3H3. The van der Waals surface area contributed by atoms with Crippen molar-refractivity contribution in [2.75, 3.05) is 13.2 Å². The number of benzene rings is 1. The molecule has 1 fully saturated rings. The Balaban J connectivity index is 2.23. The zero-order valence-electron chi connectivity index (χ0n) is 12.1. The average molecular weight is 311 g/mol. The third kappa shape index (κ3) is 2.31. The first kappa shape index (κ1) is 15.5. The fraction of sp³-hybridized carbons (Fsp3) is 0.429. The summed E-state index contributed by atoms with van der Waals surface area (Å²) in [7, 11) is -3.76. The Labute approximate surface area is 123 Å². The number of carbonyl (C=O) groups excluding carboxylic acids is 2. The Bertz CT molecular complexity index is 693. The molecule has 0 aromatic heterocycles. The quantitative estimate of drug-likeness (QED) is 0.764. The summed E-state index contributed by atoms with van der Waals surface area (Å²) in [6, 6.07) is 6.56. The molecule has 0 N–H and O–H groups in total. The van der Waals surface area contributed by atoms with Crippen LogP contribution in [-0.4, -0.2) is 42.3 Å². The molecule has 0 saturated carbocycles. The lowest BCUT2D eigenvalue weighted by atomic mass is 10.1. The summed E-state index contributed by atoms with van der Waals surface area (Å²) in [6.45, 7) is 4.35. The molecule has 114 valence electrons. The van der Waals surface area contributed by atoms with Crippen LogP contribution in [0.3, 0.4) is 0 Å². The number of ketones is 1. The van der Waals surface area contributed by atoms with E-state index in [4.69, 9.17) is 4.74 Å².